The molecule has 0 spiro atoms. The van der Waals surface area contributed by atoms with Crippen molar-refractivity contribution in [3.63, 3.8) is 0 Å². The highest BCUT2D eigenvalue weighted by Crippen LogP contribution is 2.25. The van der Waals surface area contributed by atoms with Crippen molar-refractivity contribution < 1.29 is 14.0 Å². The third-order valence-electron chi connectivity index (χ3n) is 3.48. The molecular weight excluding hydrogens is 302 g/mol. The van der Waals surface area contributed by atoms with E-state index in [9.17, 15) is 9.59 Å². The minimum Gasteiger partial charge on any atom is -0.411 e. The van der Waals surface area contributed by atoms with Crippen molar-refractivity contribution in [3.05, 3.63) is 29.8 Å². The highest BCUT2D eigenvalue weighted by atomic mass is 32.2. The van der Waals surface area contributed by atoms with Crippen LogP contribution in [0.4, 0.5) is 0 Å². The summed E-state index contributed by atoms with van der Waals surface area (Å²) in [5.74, 6) is 0.256. The molecule has 0 radical (unpaired) electrons. The van der Waals surface area contributed by atoms with Gasteiger partial charge in [0.2, 0.25) is 17.7 Å². The van der Waals surface area contributed by atoms with Gasteiger partial charge in [0.1, 0.15) is 0 Å². The van der Waals surface area contributed by atoms with E-state index in [1.165, 1.54) is 4.90 Å². The fourth-order valence-corrected chi connectivity index (χ4v) is 2.94. The standard InChI is InChI=1S/C15H15N3O3S/c1-10-5-2-3-6-11(10)14-16-17-15(21-14)22-9-13(20)18-8-4-7-12(18)19/h2-3,5-6H,4,7-9H2,1H3. The van der Waals surface area contributed by atoms with E-state index in [-0.39, 0.29) is 17.6 Å². The second kappa shape index (κ2) is 6.31. The first-order valence-electron chi connectivity index (χ1n) is 7.00. The minimum atomic E-state index is -0.205. The molecule has 1 aliphatic rings. The number of thioether (sulfide) groups is 1. The molecule has 0 unspecified atom stereocenters. The topological polar surface area (TPSA) is 76.3 Å². The van der Waals surface area contributed by atoms with E-state index < -0.39 is 0 Å². The zero-order valence-electron chi connectivity index (χ0n) is 12.1. The van der Waals surface area contributed by atoms with Crippen LogP contribution in [0.1, 0.15) is 18.4 Å². The largest absolute Gasteiger partial charge is 0.411 e. The molecule has 2 heterocycles. The third-order valence-corrected chi connectivity index (χ3v) is 4.28. The number of hydrogen-bond donors (Lipinski definition) is 0. The van der Waals surface area contributed by atoms with Crippen molar-refractivity contribution in [3.8, 4) is 11.5 Å². The molecule has 0 aliphatic carbocycles. The average molecular weight is 317 g/mol. The second-order valence-corrected chi connectivity index (χ2v) is 5.95. The van der Waals surface area contributed by atoms with E-state index in [2.05, 4.69) is 10.2 Å². The lowest BCUT2D eigenvalue weighted by Crippen LogP contribution is -2.33. The van der Waals surface area contributed by atoms with Gasteiger partial charge in [0.25, 0.3) is 5.22 Å². The summed E-state index contributed by atoms with van der Waals surface area (Å²) in [6, 6.07) is 7.72. The molecule has 3 rings (SSSR count). The Labute approximate surface area is 131 Å². The number of aromatic nitrogens is 2. The van der Waals surface area contributed by atoms with Gasteiger partial charge in [-0.25, -0.2) is 0 Å². The van der Waals surface area contributed by atoms with Crippen LogP contribution in [0, 0.1) is 6.92 Å². The number of imide groups is 1. The number of benzene rings is 1. The Morgan fingerprint density at radius 1 is 1.36 bits per heavy atom. The van der Waals surface area contributed by atoms with E-state index in [1.54, 1.807) is 0 Å². The molecule has 2 aromatic rings. The molecule has 0 saturated carbocycles. The van der Waals surface area contributed by atoms with Gasteiger partial charge in [-0.05, 0) is 25.0 Å². The zero-order chi connectivity index (χ0) is 15.5. The second-order valence-electron chi connectivity index (χ2n) is 5.02. The van der Waals surface area contributed by atoms with E-state index in [0.29, 0.717) is 24.1 Å². The van der Waals surface area contributed by atoms with Crippen LogP contribution in [0.15, 0.2) is 33.9 Å². The number of nitrogens with zero attached hydrogens (tertiary/aromatic N) is 3. The number of likely N-dealkylation sites (tertiary alicyclic amines) is 1. The van der Waals surface area contributed by atoms with Crippen molar-refractivity contribution in [2.75, 3.05) is 12.3 Å². The van der Waals surface area contributed by atoms with Crippen LogP contribution < -0.4 is 0 Å². The quantitative estimate of drug-likeness (QED) is 0.805. The molecule has 0 bridgehead atoms. The monoisotopic (exact) mass is 317 g/mol. The van der Waals surface area contributed by atoms with Crippen LogP contribution in [-0.2, 0) is 9.59 Å². The summed E-state index contributed by atoms with van der Waals surface area (Å²) in [6.07, 6.45) is 1.20. The molecule has 1 aromatic carbocycles. The van der Waals surface area contributed by atoms with Crippen LogP contribution in [0.25, 0.3) is 11.5 Å². The SMILES string of the molecule is Cc1ccccc1-c1nnc(SCC(=O)N2CCCC2=O)o1. The Kier molecular flexibility index (Phi) is 4.24. The van der Waals surface area contributed by atoms with Gasteiger partial charge in [-0.2, -0.15) is 0 Å². The number of rotatable bonds is 4. The molecule has 1 fully saturated rings. The van der Waals surface area contributed by atoms with E-state index >= 15 is 0 Å². The summed E-state index contributed by atoms with van der Waals surface area (Å²) < 4.78 is 5.58. The van der Waals surface area contributed by atoms with Crippen molar-refractivity contribution in [1.29, 1.82) is 0 Å². The van der Waals surface area contributed by atoms with Gasteiger partial charge in [0.05, 0.1) is 5.75 Å². The number of hydrogen-bond acceptors (Lipinski definition) is 6. The summed E-state index contributed by atoms with van der Waals surface area (Å²) in [4.78, 5) is 24.7. The minimum absolute atomic E-state index is 0.100. The van der Waals surface area contributed by atoms with Gasteiger partial charge in [0.15, 0.2) is 0 Å². The van der Waals surface area contributed by atoms with Crippen molar-refractivity contribution in [2.24, 2.45) is 0 Å². The maximum absolute atomic E-state index is 12.0. The van der Waals surface area contributed by atoms with Crippen LogP contribution in [0.5, 0.6) is 0 Å². The van der Waals surface area contributed by atoms with Gasteiger partial charge >= 0.3 is 0 Å². The van der Waals surface area contributed by atoms with Crippen molar-refractivity contribution >= 4 is 23.6 Å². The van der Waals surface area contributed by atoms with Gasteiger partial charge in [-0.3, -0.25) is 14.5 Å². The van der Waals surface area contributed by atoms with Gasteiger partial charge < -0.3 is 4.42 Å². The van der Waals surface area contributed by atoms with E-state index in [0.717, 1.165) is 29.3 Å². The number of amides is 2. The van der Waals surface area contributed by atoms with Crippen LogP contribution >= 0.6 is 11.8 Å². The molecule has 6 nitrogen and oxygen atoms in total. The molecule has 1 saturated heterocycles. The fraction of sp³-hybridized carbons (Fsp3) is 0.333. The average Bonchev–Trinajstić information content (AvgIpc) is 3.14. The number of carbonyl (C=O) groups is 2. The summed E-state index contributed by atoms with van der Waals surface area (Å²) in [6.45, 7) is 2.48. The number of carbonyl (C=O) groups excluding carboxylic acids is 2. The molecule has 0 N–H and O–H groups in total. The normalized spacial score (nSPS) is 14.6. The Bertz CT molecular complexity index is 714. The Morgan fingerprint density at radius 3 is 2.91 bits per heavy atom. The third kappa shape index (κ3) is 3.04. The smallest absolute Gasteiger partial charge is 0.277 e. The van der Waals surface area contributed by atoms with Crippen molar-refractivity contribution in [1.82, 2.24) is 15.1 Å². The predicted octanol–water partition coefficient (Wildman–Crippen LogP) is 2.29. The molecule has 2 amide bonds. The first-order chi connectivity index (χ1) is 10.6. The zero-order valence-corrected chi connectivity index (χ0v) is 12.9. The fourth-order valence-electron chi connectivity index (χ4n) is 2.30. The lowest BCUT2D eigenvalue weighted by atomic mass is 10.1. The van der Waals surface area contributed by atoms with Crippen molar-refractivity contribution in [2.45, 2.75) is 25.0 Å². The van der Waals surface area contributed by atoms with Crippen LogP contribution in [0.3, 0.4) is 0 Å². The lowest BCUT2D eigenvalue weighted by molar-refractivity contribution is -0.140. The Balaban J connectivity index is 1.64. The van der Waals surface area contributed by atoms with Crippen LogP contribution in [0.2, 0.25) is 0 Å². The van der Waals surface area contributed by atoms with Gasteiger partial charge in [-0.1, -0.05) is 30.0 Å². The maximum Gasteiger partial charge on any atom is 0.277 e. The molecule has 0 atom stereocenters. The van der Waals surface area contributed by atoms with Crippen LogP contribution in [-0.4, -0.2) is 39.2 Å². The summed E-state index contributed by atoms with van der Waals surface area (Å²) in [5.41, 5.74) is 1.92. The first-order valence-corrected chi connectivity index (χ1v) is 7.99. The highest BCUT2D eigenvalue weighted by Gasteiger charge is 2.26. The lowest BCUT2D eigenvalue weighted by Gasteiger charge is -2.11. The predicted molar refractivity (Wildman–Crippen MR) is 81.1 cm³/mol. The molecule has 1 aromatic heterocycles. The summed E-state index contributed by atoms with van der Waals surface area (Å²) >= 11 is 1.16. The highest BCUT2D eigenvalue weighted by molar-refractivity contribution is 7.99. The molecule has 114 valence electrons. The maximum atomic E-state index is 12.0. The molecule has 22 heavy (non-hydrogen) atoms. The summed E-state index contributed by atoms with van der Waals surface area (Å²) in [5, 5.41) is 8.28. The first kappa shape index (κ1) is 14.8. The Morgan fingerprint density at radius 2 is 2.18 bits per heavy atom. The molecule has 1 aliphatic heterocycles. The summed E-state index contributed by atoms with van der Waals surface area (Å²) in [7, 11) is 0. The van der Waals surface area contributed by atoms with Gasteiger partial charge in [0, 0.05) is 18.5 Å². The Hall–Kier alpha value is -2.15. The van der Waals surface area contributed by atoms with E-state index in [4.69, 9.17) is 4.42 Å². The number of aryl methyl sites for hydroxylation is 1. The molecular formula is C15H15N3O3S. The van der Waals surface area contributed by atoms with E-state index in [1.807, 2.05) is 31.2 Å². The van der Waals surface area contributed by atoms with Gasteiger partial charge in [-0.15, -0.1) is 10.2 Å². The molecule has 7 heteroatoms.